The zero-order chi connectivity index (χ0) is 18.8. The van der Waals surface area contributed by atoms with E-state index in [1.165, 1.54) is 12.0 Å². The van der Waals surface area contributed by atoms with Crippen molar-refractivity contribution in [2.75, 3.05) is 25.1 Å². The maximum Gasteiger partial charge on any atom is 0.224 e. The van der Waals surface area contributed by atoms with E-state index in [1.807, 2.05) is 11.0 Å². The summed E-state index contributed by atoms with van der Waals surface area (Å²) in [4.78, 5) is 29.1. The van der Waals surface area contributed by atoms with E-state index in [2.05, 4.69) is 17.0 Å². The van der Waals surface area contributed by atoms with Crippen LogP contribution in [0.4, 0.5) is 5.69 Å². The Balaban J connectivity index is 1.76. The molecule has 3 heterocycles. The van der Waals surface area contributed by atoms with Gasteiger partial charge in [-0.2, -0.15) is 0 Å². The molecule has 27 heavy (non-hydrogen) atoms. The summed E-state index contributed by atoms with van der Waals surface area (Å²) < 4.78 is 5.69. The van der Waals surface area contributed by atoms with Crippen LogP contribution in [-0.4, -0.2) is 49.4 Å². The largest absolute Gasteiger partial charge is 0.495 e. The topological polar surface area (TPSA) is 49.9 Å². The molecule has 3 fully saturated rings. The van der Waals surface area contributed by atoms with Gasteiger partial charge in [-0.15, -0.1) is 0 Å². The first kappa shape index (κ1) is 17.2. The SMILES string of the molecule is COc1cccc2c1N(C(C)=O)[C@@H]1CC[C@@]3(CC=O)CCCN4CC[C@@]21[C@H]43. The lowest BCUT2D eigenvalue weighted by atomic mass is 9.52. The smallest absolute Gasteiger partial charge is 0.224 e. The van der Waals surface area contributed by atoms with Crippen LogP contribution in [0.2, 0.25) is 0 Å². The number of benzene rings is 1. The molecule has 1 aliphatic carbocycles. The normalized spacial score (nSPS) is 36.7. The molecule has 0 unspecified atom stereocenters. The molecule has 5 heteroatoms. The van der Waals surface area contributed by atoms with Crippen LogP contribution in [-0.2, 0) is 15.0 Å². The third-order valence-electron chi connectivity index (χ3n) is 7.98. The van der Waals surface area contributed by atoms with E-state index in [0.717, 1.165) is 56.5 Å². The summed E-state index contributed by atoms with van der Waals surface area (Å²) in [5.74, 6) is 0.890. The van der Waals surface area contributed by atoms with Gasteiger partial charge >= 0.3 is 0 Å². The molecule has 1 amide bonds. The highest BCUT2D eigenvalue weighted by atomic mass is 16.5. The molecule has 5 rings (SSSR count). The molecule has 1 aromatic carbocycles. The number of piperidine rings is 1. The highest BCUT2D eigenvalue weighted by Crippen LogP contribution is 2.66. The van der Waals surface area contributed by atoms with E-state index in [0.29, 0.717) is 12.5 Å². The average Bonchev–Trinajstić information content (AvgIpc) is 3.20. The van der Waals surface area contributed by atoms with Crippen LogP contribution in [0.3, 0.4) is 0 Å². The molecule has 1 aromatic rings. The van der Waals surface area contributed by atoms with E-state index in [1.54, 1.807) is 14.0 Å². The Bertz CT molecular complexity index is 809. The molecule has 144 valence electrons. The second kappa shape index (κ2) is 5.81. The first-order chi connectivity index (χ1) is 13.1. The number of carbonyl (C=O) groups excluding carboxylic acids is 2. The van der Waals surface area contributed by atoms with Gasteiger partial charge in [0.2, 0.25) is 5.91 Å². The lowest BCUT2D eigenvalue weighted by Gasteiger charge is -2.58. The first-order valence-corrected chi connectivity index (χ1v) is 10.2. The quantitative estimate of drug-likeness (QED) is 0.770. The van der Waals surface area contributed by atoms with Gasteiger partial charge in [0, 0.05) is 30.8 Å². The average molecular weight is 368 g/mol. The molecular weight excluding hydrogens is 340 g/mol. The number of rotatable bonds is 3. The van der Waals surface area contributed by atoms with Gasteiger partial charge in [0.25, 0.3) is 0 Å². The summed E-state index contributed by atoms with van der Waals surface area (Å²) in [5, 5.41) is 0. The number of fused-ring (bicyclic) bond motifs is 1. The fourth-order valence-corrected chi connectivity index (χ4v) is 7.30. The summed E-state index contributed by atoms with van der Waals surface area (Å²) in [7, 11) is 1.69. The van der Waals surface area contributed by atoms with Gasteiger partial charge in [-0.25, -0.2) is 0 Å². The molecule has 4 aliphatic rings. The number of hydrogen-bond acceptors (Lipinski definition) is 4. The third-order valence-corrected chi connectivity index (χ3v) is 7.98. The van der Waals surface area contributed by atoms with Gasteiger partial charge in [0.15, 0.2) is 0 Å². The van der Waals surface area contributed by atoms with Crippen molar-refractivity contribution in [3.8, 4) is 5.75 Å². The van der Waals surface area contributed by atoms with Crippen LogP contribution in [0, 0.1) is 5.41 Å². The monoisotopic (exact) mass is 368 g/mol. The molecule has 0 radical (unpaired) electrons. The lowest BCUT2D eigenvalue weighted by molar-refractivity contribution is -0.120. The number of anilines is 1. The van der Waals surface area contributed by atoms with Crippen molar-refractivity contribution in [1.29, 1.82) is 0 Å². The number of para-hydroxylation sites is 1. The van der Waals surface area contributed by atoms with E-state index < -0.39 is 0 Å². The maximum absolute atomic E-state index is 12.8. The Kier molecular flexibility index (Phi) is 3.71. The second-order valence-electron chi connectivity index (χ2n) is 8.87. The predicted octanol–water partition coefficient (Wildman–Crippen LogP) is 2.91. The number of nitrogens with zero attached hydrogens (tertiary/aromatic N) is 2. The first-order valence-electron chi connectivity index (χ1n) is 10.2. The summed E-state index contributed by atoms with van der Waals surface area (Å²) >= 11 is 0. The number of methoxy groups -OCH3 is 1. The van der Waals surface area contributed by atoms with Gasteiger partial charge in [-0.3, -0.25) is 9.69 Å². The summed E-state index contributed by atoms with van der Waals surface area (Å²) in [6.45, 7) is 3.85. The van der Waals surface area contributed by atoms with Gasteiger partial charge in [0.05, 0.1) is 12.8 Å². The Labute approximate surface area is 160 Å². The summed E-state index contributed by atoms with van der Waals surface area (Å²) in [6.07, 6.45) is 7.14. The van der Waals surface area contributed by atoms with Crippen LogP contribution in [0.15, 0.2) is 18.2 Å². The zero-order valence-electron chi connectivity index (χ0n) is 16.2. The van der Waals surface area contributed by atoms with Crippen molar-refractivity contribution in [3.05, 3.63) is 23.8 Å². The highest BCUT2D eigenvalue weighted by molar-refractivity contribution is 5.98. The molecule has 1 spiro atoms. The molecular formula is C22H28N2O3. The second-order valence-corrected chi connectivity index (χ2v) is 8.87. The highest BCUT2D eigenvalue weighted by Gasteiger charge is 2.68. The minimum atomic E-state index is -0.0722. The Morgan fingerprint density at radius 3 is 2.89 bits per heavy atom. The maximum atomic E-state index is 12.8. The lowest BCUT2D eigenvalue weighted by Crippen LogP contribution is -2.65. The Hall–Kier alpha value is -1.88. The van der Waals surface area contributed by atoms with Crippen molar-refractivity contribution in [2.24, 2.45) is 5.41 Å². The predicted molar refractivity (Wildman–Crippen MR) is 103 cm³/mol. The van der Waals surface area contributed by atoms with Crippen LogP contribution < -0.4 is 9.64 Å². The van der Waals surface area contributed by atoms with E-state index in [-0.39, 0.29) is 22.8 Å². The van der Waals surface area contributed by atoms with Crippen LogP contribution in [0.25, 0.3) is 0 Å². The Morgan fingerprint density at radius 2 is 2.15 bits per heavy atom. The molecule has 2 saturated heterocycles. The van der Waals surface area contributed by atoms with E-state index in [9.17, 15) is 9.59 Å². The van der Waals surface area contributed by atoms with Crippen LogP contribution >= 0.6 is 0 Å². The van der Waals surface area contributed by atoms with E-state index in [4.69, 9.17) is 4.74 Å². The number of aldehydes is 1. The molecule has 0 bridgehead atoms. The number of amides is 1. The van der Waals surface area contributed by atoms with Gasteiger partial charge in [-0.05, 0) is 62.2 Å². The molecule has 5 nitrogen and oxygen atoms in total. The van der Waals surface area contributed by atoms with E-state index >= 15 is 0 Å². The molecule has 1 saturated carbocycles. The minimum Gasteiger partial charge on any atom is -0.495 e. The van der Waals surface area contributed by atoms with Crippen LogP contribution in [0.5, 0.6) is 5.75 Å². The zero-order valence-corrected chi connectivity index (χ0v) is 16.2. The van der Waals surface area contributed by atoms with Gasteiger partial charge < -0.3 is 14.4 Å². The number of carbonyl (C=O) groups is 2. The van der Waals surface area contributed by atoms with Crippen molar-refractivity contribution in [2.45, 2.75) is 62.9 Å². The Morgan fingerprint density at radius 1 is 1.30 bits per heavy atom. The number of hydrogen-bond donors (Lipinski definition) is 0. The standard InChI is InChI=1S/C22H28N2O3/c1-15(26)24-18-7-9-21(11-14-25)8-4-12-23-13-10-22(18,20(21)23)16-5-3-6-17(27-2)19(16)24/h3,5-6,14,18,20H,4,7-13H2,1-2H3/t18-,20-,21-,22-/m1/s1. The molecule has 3 aliphatic heterocycles. The van der Waals surface area contributed by atoms with Crippen molar-refractivity contribution >= 4 is 17.9 Å². The number of ether oxygens (including phenoxy) is 1. The fourth-order valence-electron chi connectivity index (χ4n) is 7.30. The summed E-state index contributed by atoms with van der Waals surface area (Å²) in [5.41, 5.74) is 2.23. The minimum absolute atomic E-state index is 0.0557. The third kappa shape index (κ3) is 1.98. The molecule has 0 aromatic heterocycles. The van der Waals surface area contributed by atoms with Crippen molar-refractivity contribution in [3.63, 3.8) is 0 Å². The molecule has 4 atom stereocenters. The van der Waals surface area contributed by atoms with Crippen molar-refractivity contribution < 1.29 is 14.3 Å². The van der Waals surface area contributed by atoms with Crippen LogP contribution in [0.1, 0.15) is 51.0 Å². The van der Waals surface area contributed by atoms with Gasteiger partial charge in [0.1, 0.15) is 12.0 Å². The fraction of sp³-hybridized carbons (Fsp3) is 0.636. The van der Waals surface area contributed by atoms with Gasteiger partial charge in [-0.1, -0.05) is 12.1 Å². The van der Waals surface area contributed by atoms with Crippen molar-refractivity contribution in [1.82, 2.24) is 4.90 Å². The summed E-state index contributed by atoms with van der Waals surface area (Å²) in [6, 6.07) is 6.76. The molecule has 0 N–H and O–H groups in total.